The first-order valence-electron chi connectivity index (χ1n) is 7.28. The van der Waals surface area contributed by atoms with Crippen molar-refractivity contribution in [1.29, 1.82) is 0 Å². The van der Waals surface area contributed by atoms with Gasteiger partial charge in [0.05, 0.1) is 11.4 Å². The maximum atomic E-state index is 13.1. The zero-order valence-corrected chi connectivity index (χ0v) is 13.0. The molecule has 2 unspecified atom stereocenters. The molecular weight excluding hydrogens is 265 g/mol. The molecule has 4 heteroatoms. The van der Waals surface area contributed by atoms with Gasteiger partial charge in [-0.3, -0.25) is 9.97 Å². The number of aromatic nitrogens is 2. The average molecular weight is 287 g/mol. The third-order valence-electron chi connectivity index (χ3n) is 3.65. The van der Waals surface area contributed by atoms with Gasteiger partial charge in [0, 0.05) is 24.5 Å². The summed E-state index contributed by atoms with van der Waals surface area (Å²) >= 11 is 0. The van der Waals surface area contributed by atoms with Crippen LogP contribution in [0.5, 0.6) is 0 Å². The number of rotatable bonds is 5. The molecule has 0 bridgehead atoms. The molecule has 0 spiro atoms. The Hall–Kier alpha value is -1.81. The summed E-state index contributed by atoms with van der Waals surface area (Å²) in [5.74, 6) is 0.175. The molecule has 1 heterocycles. The molecule has 3 nitrogen and oxygen atoms in total. The van der Waals surface area contributed by atoms with Gasteiger partial charge in [-0.2, -0.15) is 0 Å². The van der Waals surface area contributed by atoms with Crippen LogP contribution in [0.25, 0.3) is 0 Å². The van der Waals surface area contributed by atoms with Crippen LogP contribution in [-0.2, 0) is 0 Å². The highest BCUT2D eigenvalue weighted by molar-refractivity contribution is 5.22. The van der Waals surface area contributed by atoms with Crippen LogP contribution < -0.4 is 5.32 Å². The van der Waals surface area contributed by atoms with Gasteiger partial charge >= 0.3 is 0 Å². The highest BCUT2D eigenvalue weighted by Crippen LogP contribution is 2.26. The number of hydrogen-bond acceptors (Lipinski definition) is 3. The molecule has 1 N–H and O–H groups in total. The second-order valence-electron chi connectivity index (χ2n) is 5.69. The Morgan fingerprint density at radius 3 is 2.19 bits per heavy atom. The van der Waals surface area contributed by atoms with E-state index in [0.717, 1.165) is 17.0 Å². The fourth-order valence-electron chi connectivity index (χ4n) is 2.54. The molecular formula is C17H22FN3. The fraction of sp³-hybridized carbons (Fsp3) is 0.412. The topological polar surface area (TPSA) is 37.8 Å². The van der Waals surface area contributed by atoms with E-state index in [4.69, 9.17) is 0 Å². The van der Waals surface area contributed by atoms with Gasteiger partial charge in [0.25, 0.3) is 0 Å². The smallest absolute Gasteiger partial charge is 0.123 e. The summed E-state index contributed by atoms with van der Waals surface area (Å²) in [7, 11) is 0. The molecule has 0 saturated heterocycles. The molecule has 0 amide bonds. The Balaban J connectivity index is 2.20. The van der Waals surface area contributed by atoms with Crippen LogP contribution in [0.1, 0.15) is 49.8 Å². The fourth-order valence-corrected chi connectivity index (χ4v) is 2.54. The quantitative estimate of drug-likeness (QED) is 0.904. The molecule has 2 aromatic rings. The zero-order valence-electron chi connectivity index (χ0n) is 13.0. The molecule has 1 aromatic carbocycles. The van der Waals surface area contributed by atoms with E-state index < -0.39 is 0 Å². The van der Waals surface area contributed by atoms with E-state index in [1.807, 2.05) is 19.1 Å². The minimum Gasteiger partial charge on any atom is -0.302 e. The van der Waals surface area contributed by atoms with Crippen LogP contribution in [0, 0.1) is 18.7 Å². The van der Waals surface area contributed by atoms with Crippen LogP contribution >= 0.6 is 0 Å². The van der Waals surface area contributed by atoms with Gasteiger partial charge < -0.3 is 5.32 Å². The lowest BCUT2D eigenvalue weighted by molar-refractivity contribution is 0.369. The Morgan fingerprint density at radius 1 is 1.00 bits per heavy atom. The lowest BCUT2D eigenvalue weighted by Gasteiger charge is -2.27. The molecule has 0 aliphatic heterocycles. The van der Waals surface area contributed by atoms with Crippen molar-refractivity contribution in [3.8, 4) is 0 Å². The molecule has 1 aromatic heterocycles. The van der Waals surface area contributed by atoms with E-state index in [1.165, 1.54) is 12.1 Å². The summed E-state index contributed by atoms with van der Waals surface area (Å²) in [5, 5.41) is 3.58. The van der Waals surface area contributed by atoms with Crippen LogP contribution in [0.4, 0.5) is 4.39 Å². The van der Waals surface area contributed by atoms with E-state index in [2.05, 4.69) is 36.1 Å². The number of nitrogens with zero attached hydrogens (tertiary/aromatic N) is 2. The molecule has 0 fully saturated rings. The molecule has 21 heavy (non-hydrogen) atoms. The van der Waals surface area contributed by atoms with E-state index in [0.29, 0.717) is 5.92 Å². The van der Waals surface area contributed by atoms with Crippen molar-refractivity contribution in [2.45, 2.75) is 39.8 Å². The first kappa shape index (κ1) is 15.6. The molecule has 112 valence electrons. The van der Waals surface area contributed by atoms with Crippen LogP contribution in [0.3, 0.4) is 0 Å². The Kier molecular flexibility index (Phi) is 5.02. The van der Waals surface area contributed by atoms with Crippen molar-refractivity contribution in [2.24, 2.45) is 5.92 Å². The molecule has 0 aliphatic rings. The largest absolute Gasteiger partial charge is 0.302 e. The van der Waals surface area contributed by atoms with Crippen LogP contribution in [-0.4, -0.2) is 9.97 Å². The second kappa shape index (κ2) is 6.76. The van der Waals surface area contributed by atoms with Gasteiger partial charge in [0.1, 0.15) is 5.82 Å². The first-order valence-corrected chi connectivity index (χ1v) is 7.28. The summed E-state index contributed by atoms with van der Waals surface area (Å²) < 4.78 is 13.1. The highest BCUT2D eigenvalue weighted by atomic mass is 19.1. The molecule has 2 atom stereocenters. The van der Waals surface area contributed by atoms with E-state index in [9.17, 15) is 4.39 Å². The number of nitrogens with one attached hydrogen (secondary N) is 1. The minimum absolute atomic E-state index is 0.0798. The lowest BCUT2D eigenvalue weighted by atomic mass is 9.94. The summed E-state index contributed by atoms with van der Waals surface area (Å²) in [4.78, 5) is 8.70. The summed E-state index contributed by atoms with van der Waals surface area (Å²) in [5.41, 5.74) is 2.96. The Labute approximate surface area is 125 Å². The zero-order chi connectivity index (χ0) is 15.4. The van der Waals surface area contributed by atoms with E-state index in [1.54, 1.807) is 12.4 Å². The van der Waals surface area contributed by atoms with Crippen LogP contribution in [0.15, 0.2) is 36.7 Å². The van der Waals surface area contributed by atoms with Crippen molar-refractivity contribution in [2.75, 3.05) is 0 Å². The summed E-state index contributed by atoms with van der Waals surface area (Å²) in [6.45, 7) is 8.34. The maximum Gasteiger partial charge on any atom is 0.123 e. The van der Waals surface area contributed by atoms with Crippen LogP contribution in [0.2, 0.25) is 0 Å². The SMILES string of the molecule is Cc1nccnc1C(C)NC(c1ccc(F)cc1)C(C)C. The minimum atomic E-state index is -0.209. The van der Waals surface area contributed by atoms with Crippen molar-refractivity contribution < 1.29 is 4.39 Å². The van der Waals surface area contributed by atoms with Crippen molar-refractivity contribution in [3.63, 3.8) is 0 Å². The highest BCUT2D eigenvalue weighted by Gasteiger charge is 2.20. The maximum absolute atomic E-state index is 13.1. The van der Waals surface area contributed by atoms with E-state index >= 15 is 0 Å². The van der Waals surface area contributed by atoms with Gasteiger partial charge in [-0.05, 0) is 37.5 Å². The normalized spacial score (nSPS) is 14.2. The monoisotopic (exact) mass is 287 g/mol. The first-order chi connectivity index (χ1) is 9.99. The third kappa shape index (κ3) is 3.85. The molecule has 0 radical (unpaired) electrons. The number of aryl methyl sites for hydroxylation is 1. The van der Waals surface area contributed by atoms with Gasteiger partial charge in [0.2, 0.25) is 0 Å². The van der Waals surface area contributed by atoms with Gasteiger partial charge in [-0.1, -0.05) is 26.0 Å². The van der Waals surface area contributed by atoms with Gasteiger partial charge in [-0.15, -0.1) is 0 Å². The number of hydrogen-bond donors (Lipinski definition) is 1. The van der Waals surface area contributed by atoms with Gasteiger partial charge in [-0.25, -0.2) is 4.39 Å². The molecule has 0 aliphatic carbocycles. The predicted molar refractivity (Wildman–Crippen MR) is 82.3 cm³/mol. The standard InChI is InChI=1S/C17H22FN3/c1-11(2)16(14-5-7-15(18)8-6-14)21-13(4)17-12(3)19-9-10-20-17/h5-11,13,16,21H,1-4H3. The predicted octanol–water partition coefficient (Wildman–Crippen LogP) is 3.97. The lowest BCUT2D eigenvalue weighted by Crippen LogP contribution is -2.29. The average Bonchev–Trinajstić information content (AvgIpc) is 2.46. The summed E-state index contributed by atoms with van der Waals surface area (Å²) in [6, 6.07) is 6.90. The van der Waals surface area contributed by atoms with Crippen molar-refractivity contribution in [1.82, 2.24) is 15.3 Å². The summed E-state index contributed by atoms with van der Waals surface area (Å²) in [6.07, 6.45) is 3.41. The number of benzene rings is 1. The van der Waals surface area contributed by atoms with Crippen molar-refractivity contribution >= 4 is 0 Å². The Morgan fingerprint density at radius 2 is 1.62 bits per heavy atom. The Bertz CT molecular complexity index is 581. The third-order valence-corrected chi connectivity index (χ3v) is 3.65. The molecule has 0 saturated carbocycles. The molecule has 2 rings (SSSR count). The van der Waals surface area contributed by atoms with Gasteiger partial charge in [0.15, 0.2) is 0 Å². The number of halogens is 1. The van der Waals surface area contributed by atoms with Crippen molar-refractivity contribution in [3.05, 3.63) is 59.4 Å². The van der Waals surface area contributed by atoms with E-state index in [-0.39, 0.29) is 17.9 Å². The second-order valence-corrected chi connectivity index (χ2v) is 5.69.